The number of aromatic hydroxyl groups is 3. The number of fused-ring (bicyclic) bond motifs is 1. The molecule has 1 saturated heterocycles. The zero-order valence-electron chi connectivity index (χ0n) is 21.1. The Kier molecular flexibility index (Phi) is 8.16. The first-order chi connectivity index (χ1) is 18.5. The van der Waals surface area contributed by atoms with Crippen LogP contribution >= 0.6 is 0 Å². The van der Waals surface area contributed by atoms with Gasteiger partial charge in [-0.2, -0.15) is 0 Å². The molecule has 5 atom stereocenters. The predicted octanol–water partition coefficient (Wildman–Crippen LogP) is 0.756. The number of phenolic OH excluding ortho intramolecular Hbond substituents is 3. The fourth-order valence-corrected chi connectivity index (χ4v) is 4.33. The van der Waals surface area contributed by atoms with Crippen LogP contribution in [0.2, 0.25) is 0 Å². The summed E-state index contributed by atoms with van der Waals surface area (Å²) in [5, 5.41) is 80.6. The maximum atomic E-state index is 13.2. The van der Waals surface area contributed by atoms with Gasteiger partial charge in [-0.1, -0.05) is 11.6 Å². The summed E-state index contributed by atoms with van der Waals surface area (Å²) in [6, 6.07) is 4.89. The Morgan fingerprint density at radius 2 is 1.69 bits per heavy atom. The first kappa shape index (κ1) is 28.4. The van der Waals surface area contributed by atoms with Crippen molar-refractivity contribution < 1.29 is 54.7 Å². The number of aliphatic hydroxyl groups excluding tert-OH is 5. The van der Waals surface area contributed by atoms with Crippen LogP contribution in [0.4, 0.5) is 0 Å². The Hall–Kier alpha value is -3.65. The van der Waals surface area contributed by atoms with Gasteiger partial charge in [-0.15, -0.1) is 0 Å². The van der Waals surface area contributed by atoms with Crippen LogP contribution in [0.15, 0.2) is 45.1 Å². The van der Waals surface area contributed by atoms with Crippen molar-refractivity contribution >= 4 is 11.0 Å². The van der Waals surface area contributed by atoms with Crippen molar-refractivity contribution in [1.29, 1.82) is 0 Å². The van der Waals surface area contributed by atoms with Crippen molar-refractivity contribution in [2.45, 2.75) is 57.6 Å². The monoisotopic (exact) mass is 546 g/mol. The van der Waals surface area contributed by atoms with Gasteiger partial charge in [-0.05, 0) is 32.4 Å². The molecule has 1 fully saturated rings. The Balaban J connectivity index is 1.82. The van der Waals surface area contributed by atoms with E-state index in [1.54, 1.807) is 0 Å². The average Bonchev–Trinajstić information content (AvgIpc) is 2.89. The fourth-order valence-electron chi connectivity index (χ4n) is 4.33. The molecule has 210 valence electrons. The Labute approximate surface area is 221 Å². The maximum Gasteiger partial charge on any atom is 0.229 e. The van der Waals surface area contributed by atoms with Crippen LogP contribution in [0.1, 0.15) is 25.0 Å². The molecule has 2 heterocycles. The van der Waals surface area contributed by atoms with Crippen LogP contribution in [0.5, 0.6) is 23.0 Å². The first-order valence-electron chi connectivity index (χ1n) is 12.1. The summed E-state index contributed by atoms with van der Waals surface area (Å²) in [5.41, 5.74) is 0.313. The first-order valence-corrected chi connectivity index (χ1v) is 12.1. The van der Waals surface area contributed by atoms with E-state index < -0.39 is 60.8 Å². The summed E-state index contributed by atoms with van der Waals surface area (Å²) in [5.74, 6) is -1.70. The number of aliphatic hydroxyl groups is 5. The number of hydrogen-bond donors (Lipinski definition) is 8. The third-order valence-electron chi connectivity index (χ3n) is 6.46. The second kappa shape index (κ2) is 11.2. The molecule has 0 amide bonds. The Morgan fingerprint density at radius 3 is 2.33 bits per heavy atom. The van der Waals surface area contributed by atoms with Crippen molar-refractivity contribution in [3.05, 3.63) is 57.3 Å². The molecule has 0 radical (unpaired) electrons. The molecule has 8 N–H and O–H groups in total. The van der Waals surface area contributed by atoms with Crippen LogP contribution in [0.3, 0.4) is 0 Å². The third kappa shape index (κ3) is 5.43. The molecule has 0 bridgehead atoms. The topological polar surface area (TPSA) is 211 Å². The molecule has 5 unspecified atom stereocenters. The van der Waals surface area contributed by atoms with E-state index in [4.69, 9.17) is 13.9 Å². The molecule has 1 aromatic heterocycles. The van der Waals surface area contributed by atoms with Crippen molar-refractivity contribution in [2.24, 2.45) is 0 Å². The highest BCUT2D eigenvalue weighted by atomic mass is 16.7. The van der Waals surface area contributed by atoms with Gasteiger partial charge in [0, 0.05) is 23.3 Å². The lowest BCUT2D eigenvalue weighted by Gasteiger charge is -2.39. The van der Waals surface area contributed by atoms with Crippen molar-refractivity contribution in [3.63, 3.8) is 0 Å². The summed E-state index contributed by atoms with van der Waals surface area (Å²) in [6.07, 6.45) is -5.74. The molecule has 1 aliphatic heterocycles. The molecule has 2 aromatic carbocycles. The lowest BCUT2D eigenvalue weighted by atomic mass is 9.99. The second-order valence-electron chi connectivity index (χ2n) is 9.52. The highest BCUT2D eigenvalue weighted by molar-refractivity contribution is 5.87. The number of ether oxygens (including phenoxy) is 2. The highest BCUT2D eigenvalue weighted by Gasteiger charge is 2.44. The van der Waals surface area contributed by atoms with Gasteiger partial charge in [0.05, 0.1) is 18.8 Å². The summed E-state index contributed by atoms with van der Waals surface area (Å²) < 4.78 is 16.8. The summed E-state index contributed by atoms with van der Waals surface area (Å²) >= 11 is 0. The number of hydrogen-bond acceptors (Lipinski definition) is 12. The quantitative estimate of drug-likeness (QED) is 0.152. The summed E-state index contributed by atoms with van der Waals surface area (Å²) in [6.45, 7) is 2.29. The van der Waals surface area contributed by atoms with Gasteiger partial charge >= 0.3 is 0 Å². The molecule has 4 rings (SSSR count). The van der Waals surface area contributed by atoms with E-state index in [0.29, 0.717) is 5.56 Å². The van der Waals surface area contributed by atoms with Gasteiger partial charge in [0.15, 0.2) is 11.5 Å². The smallest absolute Gasteiger partial charge is 0.229 e. The van der Waals surface area contributed by atoms with E-state index in [9.17, 15) is 45.6 Å². The SMILES string of the molecule is CC(C)=CCc1cc(-c2oc3cc(OC4OC(CO)C(O)C(O)C4O)cc(O)c3c(=O)c2CO)cc(O)c1O. The summed E-state index contributed by atoms with van der Waals surface area (Å²) in [4.78, 5) is 13.2. The van der Waals surface area contributed by atoms with Crippen LogP contribution in [0.25, 0.3) is 22.3 Å². The molecule has 3 aromatic rings. The number of rotatable bonds is 7. The number of benzene rings is 2. The van der Waals surface area contributed by atoms with Crippen LogP contribution < -0.4 is 10.2 Å². The zero-order valence-corrected chi connectivity index (χ0v) is 21.1. The lowest BCUT2D eigenvalue weighted by molar-refractivity contribution is -0.277. The molecule has 0 saturated carbocycles. The van der Waals surface area contributed by atoms with E-state index >= 15 is 0 Å². The Morgan fingerprint density at radius 1 is 0.974 bits per heavy atom. The van der Waals surface area contributed by atoms with Crippen molar-refractivity contribution in [3.8, 4) is 34.3 Å². The van der Waals surface area contributed by atoms with Gasteiger partial charge in [-0.3, -0.25) is 4.79 Å². The molecule has 12 heteroatoms. The normalized spacial score (nSPS) is 23.1. The molecular formula is C27H30O12. The van der Waals surface area contributed by atoms with Crippen LogP contribution in [-0.2, 0) is 17.8 Å². The minimum Gasteiger partial charge on any atom is -0.507 e. The Bertz CT molecular complexity index is 1450. The predicted molar refractivity (Wildman–Crippen MR) is 136 cm³/mol. The van der Waals surface area contributed by atoms with E-state index in [2.05, 4.69) is 0 Å². The largest absolute Gasteiger partial charge is 0.507 e. The lowest BCUT2D eigenvalue weighted by Crippen LogP contribution is -2.60. The minimum absolute atomic E-state index is 0.131. The molecule has 0 aliphatic carbocycles. The van der Waals surface area contributed by atoms with E-state index in [0.717, 1.165) is 11.6 Å². The van der Waals surface area contributed by atoms with Crippen molar-refractivity contribution in [2.75, 3.05) is 6.61 Å². The zero-order chi connectivity index (χ0) is 28.6. The van der Waals surface area contributed by atoms with Crippen LogP contribution in [0, 0.1) is 0 Å². The molecule has 0 spiro atoms. The molecule has 1 aliphatic rings. The number of phenols is 3. The van der Waals surface area contributed by atoms with Gasteiger partial charge in [0.2, 0.25) is 11.7 Å². The highest BCUT2D eigenvalue weighted by Crippen LogP contribution is 2.39. The minimum atomic E-state index is -1.72. The summed E-state index contributed by atoms with van der Waals surface area (Å²) in [7, 11) is 0. The van der Waals surface area contributed by atoms with Gasteiger partial charge in [0.1, 0.15) is 52.6 Å². The fraction of sp³-hybridized carbons (Fsp3) is 0.370. The molecular weight excluding hydrogens is 516 g/mol. The van der Waals surface area contributed by atoms with Crippen molar-refractivity contribution in [1.82, 2.24) is 0 Å². The maximum absolute atomic E-state index is 13.2. The van der Waals surface area contributed by atoms with Gasteiger partial charge < -0.3 is 54.7 Å². The van der Waals surface area contributed by atoms with Gasteiger partial charge in [0.25, 0.3) is 0 Å². The van der Waals surface area contributed by atoms with Gasteiger partial charge in [-0.25, -0.2) is 0 Å². The van der Waals surface area contributed by atoms with E-state index in [1.165, 1.54) is 18.2 Å². The van der Waals surface area contributed by atoms with E-state index in [-0.39, 0.29) is 45.8 Å². The molecule has 12 nitrogen and oxygen atoms in total. The van der Waals surface area contributed by atoms with Crippen LogP contribution in [-0.4, -0.2) is 78.2 Å². The third-order valence-corrected chi connectivity index (χ3v) is 6.46. The second-order valence-corrected chi connectivity index (χ2v) is 9.52. The molecule has 39 heavy (non-hydrogen) atoms. The van der Waals surface area contributed by atoms with E-state index in [1.807, 2.05) is 19.9 Å². The average molecular weight is 547 g/mol. The number of allylic oxidation sites excluding steroid dienone is 2. The standard InChI is InChI=1S/C27H30O12/c1-11(2)3-4-12-5-13(6-17(31)21(12)32)26-15(9-28)22(33)20-16(30)7-14(8-18(20)38-26)37-27-25(36)24(35)23(34)19(10-29)39-27/h3,5-8,19,23-25,27-32,34-36H,4,9-10H2,1-2H3.